The lowest BCUT2D eigenvalue weighted by atomic mass is 10.1. The van der Waals surface area contributed by atoms with Crippen LogP contribution in [0.1, 0.15) is 0 Å². The summed E-state index contributed by atoms with van der Waals surface area (Å²) >= 11 is 0. The molecule has 0 aliphatic carbocycles. The number of rotatable bonds is 3. The van der Waals surface area contributed by atoms with Gasteiger partial charge in [0, 0.05) is 43.6 Å². The van der Waals surface area contributed by atoms with Gasteiger partial charge in [-0.1, -0.05) is 115 Å². The standard InChI is InChI=1S/C48H28N4O/c1-2-13-30(14-3-1)45-35-17-6-9-19-38(35)49-48(50-45)52-39-20-10-7-18-36(39)43-40(52)27-25-37-44-41(26-24-34-33-16-8-11-21-42(33)53-47(34)44)51(46(37)43)32-23-22-29-12-4-5-15-31(29)28-32/h1-28H. The van der Waals surface area contributed by atoms with Gasteiger partial charge in [-0.05, 0) is 65.4 Å². The van der Waals surface area contributed by atoms with E-state index < -0.39 is 0 Å². The molecule has 53 heavy (non-hydrogen) atoms. The van der Waals surface area contributed by atoms with Crippen molar-refractivity contribution in [1.82, 2.24) is 19.1 Å². The number of hydrogen-bond acceptors (Lipinski definition) is 3. The molecule has 0 atom stereocenters. The van der Waals surface area contributed by atoms with Gasteiger partial charge < -0.3 is 8.98 Å². The molecule has 0 amide bonds. The molecule has 8 aromatic carbocycles. The highest BCUT2D eigenvalue weighted by molar-refractivity contribution is 6.31. The molecule has 0 aliphatic rings. The van der Waals surface area contributed by atoms with Gasteiger partial charge in [-0.3, -0.25) is 4.57 Å². The number of aromatic nitrogens is 4. The number of nitrogens with zero attached hydrogens (tertiary/aromatic N) is 4. The lowest BCUT2D eigenvalue weighted by Crippen LogP contribution is -2.03. The third-order valence-corrected chi connectivity index (χ3v) is 10.9. The molecule has 4 heterocycles. The predicted molar refractivity (Wildman–Crippen MR) is 218 cm³/mol. The van der Waals surface area contributed by atoms with Gasteiger partial charge in [0.2, 0.25) is 5.95 Å². The van der Waals surface area contributed by atoms with E-state index in [1.54, 1.807) is 0 Å². The molecule has 0 fully saturated rings. The van der Waals surface area contributed by atoms with Gasteiger partial charge in [-0.15, -0.1) is 0 Å². The fourth-order valence-electron chi connectivity index (χ4n) is 8.60. The SMILES string of the molecule is c1ccc(-c2nc(-n3c4ccccc4c4c3ccc3c5c6oc7ccccc7c6ccc5n(-c5ccc6ccccc6c5)c34)nc3ccccc23)cc1. The number of fused-ring (bicyclic) bond motifs is 13. The minimum Gasteiger partial charge on any atom is -0.455 e. The summed E-state index contributed by atoms with van der Waals surface area (Å²) in [6.45, 7) is 0. The van der Waals surface area contributed by atoms with Crippen molar-refractivity contribution in [3.05, 3.63) is 170 Å². The molecule has 0 bridgehead atoms. The molecule has 0 unspecified atom stereocenters. The Morgan fingerprint density at radius 1 is 0.434 bits per heavy atom. The summed E-state index contributed by atoms with van der Waals surface area (Å²) in [7, 11) is 0. The molecule has 0 saturated heterocycles. The second-order valence-corrected chi connectivity index (χ2v) is 13.8. The molecular weight excluding hydrogens is 649 g/mol. The minimum absolute atomic E-state index is 0.640. The van der Waals surface area contributed by atoms with Crippen LogP contribution in [0.4, 0.5) is 0 Å². The van der Waals surface area contributed by atoms with Crippen LogP contribution in [0, 0.1) is 0 Å². The Morgan fingerprint density at radius 2 is 1.13 bits per heavy atom. The average Bonchev–Trinajstić information content (AvgIpc) is 3.88. The largest absolute Gasteiger partial charge is 0.455 e. The summed E-state index contributed by atoms with van der Waals surface area (Å²) in [5, 5.41) is 10.2. The summed E-state index contributed by atoms with van der Waals surface area (Å²) in [5.74, 6) is 0.640. The molecule has 5 heteroatoms. The number of benzene rings is 8. The lowest BCUT2D eigenvalue weighted by molar-refractivity contribution is 0.673. The molecule has 4 aromatic heterocycles. The van der Waals surface area contributed by atoms with Crippen LogP contribution >= 0.6 is 0 Å². The van der Waals surface area contributed by atoms with Crippen molar-refractivity contribution in [3.8, 4) is 22.9 Å². The number of hydrogen-bond donors (Lipinski definition) is 0. The Labute approximate surface area is 302 Å². The quantitative estimate of drug-likeness (QED) is 0.187. The number of para-hydroxylation sites is 3. The van der Waals surface area contributed by atoms with Crippen LogP contribution < -0.4 is 0 Å². The molecule has 246 valence electrons. The molecule has 5 nitrogen and oxygen atoms in total. The first kappa shape index (κ1) is 28.5. The van der Waals surface area contributed by atoms with E-state index >= 15 is 0 Å². The fourth-order valence-corrected chi connectivity index (χ4v) is 8.60. The van der Waals surface area contributed by atoms with Gasteiger partial charge in [-0.2, -0.15) is 0 Å². The Bertz CT molecular complexity index is 3460. The van der Waals surface area contributed by atoms with Crippen LogP contribution in [0.25, 0.3) is 110 Å². The van der Waals surface area contributed by atoms with Crippen molar-refractivity contribution < 1.29 is 4.42 Å². The highest BCUT2D eigenvalue weighted by Gasteiger charge is 2.25. The van der Waals surface area contributed by atoms with Crippen LogP contribution in [0.15, 0.2) is 174 Å². The third kappa shape index (κ3) is 3.96. The highest BCUT2D eigenvalue weighted by Crippen LogP contribution is 2.45. The molecule has 12 rings (SSSR count). The van der Waals surface area contributed by atoms with Crippen molar-refractivity contribution in [3.63, 3.8) is 0 Å². The Kier molecular flexibility index (Phi) is 5.71. The molecular formula is C48H28N4O. The topological polar surface area (TPSA) is 48.8 Å². The summed E-state index contributed by atoms with van der Waals surface area (Å²) in [5.41, 5.74) is 10.1. The molecule has 0 saturated carbocycles. The second-order valence-electron chi connectivity index (χ2n) is 13.8. The summed E-state index contributed by atoms with van der Waals surface area (Å²) in [4.78, 5) is 10.6. The summed E-state index contributed by atoms with van der Waals surface area (Å²) < 4.78 is 11.4. The van der Waals surface area contributed by atoms with E-state index in [0.717, 1.165) is 93.4 Å². The van der Waals surface area contributed by atoms with E-state index in [9.17, 15) is 0 Å². The van der Waals surface area contributed by atoms with Crippen LogP contribution in [0.5, 0.6) is 0 Å². The van der Waals surface area contributed by atoms with Gasteiger partial charge in [0.25, 0.3) is 0 Å². The Hall–Kier alpha value is -7.24. The van der Waals surface area contributed by atoms with E-state index in [1.165, 1.54) is 10.8 Å². The van der Waals surface area contributed by atoms with Crippen LogP contribution in [0.3, 0.4) is 0 Å². The predicted octanol–water partition coefficient (Wildman–Crippen LogP) is 12.5. The van der Waals surface area contributed by atoms with E-state index in [-0.39, 0.29) is 0 Å². The van der Waals surface area contributed by atoms with Gasteiger partial charge in [0.15, 0.2) is 0 Å². The van der Waals surface area contributed by atoms with Crippen molar-refractivity contribution in [2.24, 2.45) is 0 Å². The zero-order chi connectivity index (χ0) is 34.6. The van der Waals surface area contributed by atoms with Crippen molar-refractivity contribution in [2.75, 3.05) is 0 Å². The van der Waals surface area contributed by atoms with Crippen molar-refractivity contribution in [1.29, 1.82) is 0 Å². The minimum atomic E-state index is 0.640. The molecule has 0 spiro atoms. The molecule has 0 radical (unpaired) electrons. The maximum Gasteiger partial charge on any atom is 0.235 e. The lowest BCUT2D eigenvalue weighted by Gasteiger charge is -2.12. The van der Waals surface area contributed by atoms with E-state index in [4.69, 9.17) is 14.4 Å². The first-order valence-corrected chi connectivity index (χ1v) is 17.9. The normalized spacial score (nSPS) is 12.2. The second kappa shape index (κ2) is 10.6. The smallest absolute Gasteiger partial charge is 0.235 e. The van der Waals surface area contributed by atoms with Gasteiger partial charge in [-0.25, -0.2) is 9.97 Å². The molecule has 0 aliphatic heterocycles. The van der Waals surface area contributed by atoms with Gasteiger partial charge in [0.05, 0.1) is 38.7 Å². The van der Waals surface area contributed by atoms with Crippen molar-refractivity contribution in [2.45, 2.75) is 0 Å². The van der Waals surface area contributed by atoms with Crippen LogP contribution in [-0.4, -0.2) is 19.1 Å². The summed E-state index contributed by atoms with van der Waals surface area (Å²) in [6.07, 6.45) is 0. The number of furan rings is 1. The first-order valence-electron chi connectivity index (χ1n) is 17.9. The zero-order valence-corrected chi connectivity index (χ0v) is 28.4. The Balaban J connectivity index is 1.26. The molecule has 12 aromatic rings. The maximum atomic E-state index is 6.72. The van der Waals surface area contributed by atoms with Crippen LogP contribution in [-0.2, 0) is 0 Å². The van der Waals surface area contributed by atoms with Gasteiger partial charge in [0.1, 0.15) is 11.2 Å². The highest BCUT2D eigenvalue weighted by atomic mass is 16.3. The van der Waals surface area contributed by atoms with Crippen LogP contribution in [0.2, 0.25) is 0 Å². The van der Waals surface area contributed by atoms with Crippen molar-refractivity contribution >= 4 is 87.2 Å². The average molecular weight is 677 g/mol. The fraction of sp³-hybridized carbons (Fsp3) is 0. The van der Waals surface area contributed by atoms with E-state index in [2.05, 4.69) is 161 Å². The van der Waals surface area contributed by atoms with E-state index in [0.29, 0.717) is 5.95 Å². The monoisotopic (exact) mass is 676 g/mol. The molecule has 0 N–H and O–H groups in total. The maximum absolute atomic E-state index is 6.72. The summed E-state index contributed by atoms with van der Waals surface area (Å²) in [6, 6.07) is 60.0. The van der Waals surface area contributed by atoms with E-state index in [1.807, 2.05) is 18.2 Å². The zero-order valence-electron chi connectivity index (χ0n) is 28.4. The van der Waals surface area contributed by atoms with Gasteiger partial charge >= 0.3 is 0 Å². The first-order chi connectivity index (χ1) is 26.3. The Morgan fingerprint density at radius 3 is 2.02 bits per heavy atom. The third-order valence-electron chi connectivity index (χ3n) is 10.9.